The van der Waals surface area contributed by atoms with Crippen LogP contribution in [0.1, 0.15) is 39.0 Å². The maximum atomic E-state index is 11.3. The molecule has 1 amide bonds. The van der Waals surface area contributed by atoms with E-state index in [4.69, 9.17) is 0 Å². The van der Waals surface area contributed by atoms with Crippen molar-refractivity contribution in [3.63, 3.8) is 0 Å². The number of hydrogen-bond acceptors (Lipinski definition) is 2. The molecule has 3 heteroatoms. The summed E-state index contributed by atoms with van der Waals surface area (Å²) < 4.78 is 0. The highest BCUT2D eigenvalue weighted by Gasteiger charge is 2.28. The lowest BCUT2D eigenvalue weighted by Gasteiger charge is -2.16. The van der Waals surface area contributed by atoms with Crippen molar-refractivity contribution in [1.29, 1.82) is 0 Å². The number of amides is 1. The molecule has 0 spiro atoms. The Morgan fingerprint density at radius 3 is 2.62 bits per heavy atom. The van der Waals surface area contributed by atoms with E-state index in [9.17, 15) is 9.59 Å². The molecule has 1 aliphatic carbocycles. The maximum Gasteiger partial charge on any atom is 0.259 e. The lowest BCUT2D eigenvalue weighted by atomic mass is 9.88. The van der Waals surface area contributed by atoms with Crippen molar-refractivity contribution in [1.82, 2.24) is 0 Å². The molecule has 1 fully saturated rings. The van der Waals surface area contributed by atoms with Crippen molar-refractivity contribution in [3.05, 3.63) is 0 Å². The van der Waals surface area contributed by atoms with E-state index in [0.29, 0.717) is 5.92 Å². The van der Waals surface area contributed by atoms with Gasteiger partial charge in [0.1, 0.15) is 0 Å². The van der Waals surface area contributed by atoms with Crippen LogP contribution in [0.15, 0.2) is 4.99 Å². The molecular formula is C10H15NO2. The average Bonchev–Trinajstić information content (AvgIpc) is 2.59. The van der Waals surface area contributed by atoms with Crippen LogP contribution in [-0.2, 0) is 9.59 Å². The van der Waals surface area contributed by atoms with Crippen molar-refractivity contribution < 1.29 is 9.59 Å². The standard InChI is InChI=1S/C10H15NO2/c1-2-9(10(13)11-7-12)8-5-3-4-6-8/h8-9H,2-6H2,1H3. The van der Waals surface area contributed by atoms with Crippen molar-refractivity contribution in [2.24, 2.45) is 16.8 Å². The summed E-state index contributed by atoms with van der Waals surface area (Å²) in [7, 11) is 0. The molecule has 0 N–H and O–H groups in total. The molecule has 1 rings (SSSR count). The van der Waals surface area contributed by atoms with E-state index in [1.165, 1.54) is 18.9 Å². The second-order valence-electron chi connectivity index (χ2n) is 3.60. The van der Waals surface area contributed by atoms with E-state index in [1.54, 1.807) is 0 Å². The van der Waals surface area contributed by atoms with Crippen molar-refractivity contribution in [2.75, 3.05) is 0 Å². The van der Waals surface area contributed by atoms with Gasteiger partial charge in [0.05, 0.1) is 0 Å². The first-order valence-corrected chi connectivity index (χ1v) is 4.91. The van der Waals surface area contributed by atoms with Gasteiger partial charge in [-0.3, -0.25) is 4.79 Å². The zero-order valence-corrected chi connectivity index (χ0v) is 7.95. The summed E-state index contributed by atoms with van der Waals surface area (Å²) in [6.07, 6.45) is 6.75. The highest BCUT2D eigenvalue weighted by molar-refractivity contribution is 5.83. The summed E-state index contributed by atoms with van der Waals surface area (Å²) in [6.45, 7) is 1.97. The Balaban J connectivity index is 2.59. The first kappa shape index (κ1) is 10.1. The molecule has 1 atom stereocenters. The Kier molecular flexibility index (Phi) is 3.84. The number of aliphatic imine (C=N–C) groups is 1. The Bertz CT molecular complexity index is 225. The minimum atomic E-state index is -0.274. The second kappa shape index (κ2) is 4.93. The summed E-state index contributed by atoms with van der Waals surface area (Å²) in [5.74, 6) is 0.142. The number of hydrogen-bond donors (Lipinski definition) is 0. The fraction of sp³-hybridized carbons (Fsp3) is 0.800. The van der Waals surface area contributed by atoms with E-state index in [0.717, 1.165) is 19.3 Å². The molecule has 0 heterocycles. The lowest BCUT2D eigenvalue weighted by molar-refractivity contribution is -0.123. The van der Waals surface area contributed by atoms with Crippen LogP contribution < -0.4 is 0 Å². The van der Waals surface area contributed by atoms with Crippen LogP contribution >= 0.6 is 0 Å². The smallest absolute Gasteiger partial charge is 0.259 e. The molecule has 1 unspecified atom stereocenters. The lowest BCUT2D eigenvalue weighted by Crippen LogP contribution is -2.19. The summed E-state index contributed by atoms with van der Waals surface area (Å²) in [4.78, 5) is 24.5. The van der Waals surface area contributed by atoms with Gasteiger partial charge in [-0.1, -0.05) is 19.8 Å². The van der Waals surface area contributed by atoms with E-state index in [2.05, 4.69) is 4.99 Å². The van der Waals surface area contributed by atoms with Crippen LogP contribution in [0.25, 0.3) is 0 Å². The summed E-state index contributed by atoms with van der Waals surface area (Å²) in [5.41, 5.74) is 0. The van der Waals surface area contributed by atoms with Gasteiger partial charge in [-0.05, 0) is 25.2 Å². The molecule has 0 radical (unpaired) electrons. The van der Waals surface area contributed by atoms with Gasteiger partial charge in [-0.2, -0.15) is 0 Å². The van der Waals surface area contributed by atoms with Gasteiger partial charge in [0.15, 0.2) is 0 Å². The normalized spacial score (nSPS) is 19.5. The molecule has 0 saturated heterocycles. The average molecular weight is 181 g/mol. The molecule has 13 heavy (non-hydrogen) atoms. The fourth-order valence-corrected chi connectivity index (χ4v) is 2.20. The molecule has 1 aliphatic rings. The number of carbonyl (C=O) groups is 1. The predicted molar refractivity (Wildman–Crippen MR) is 48.9 cm³/mol. The van der Waals surface area contributed by atoms with Crippen LogP contribution in [-0.4, -0.2) is 12.0 Å². The second-order valence-corrected chi connectivity index (χ2v) is 3.60. The third-order valence-corrected chi connectivity index (χ3v) is 2.88. The Morgan fingerprint density at radius 2 is 2.15 bits per heavy atom. The molecule has 3 nitrogen and oxygen atoms in total. The van der Waals surface area contributed by atoms with Gasteiger partial charge in [0, 0.05) is 5.92 Å². The van der Waals surface area contributed by atoms with Crippen LogP contribution in [0.2, 0.25) is 0 Å². The van der Waals surface area contributed by atoms with Crippen molar-refractivity contribution >= 4 is 12.0 Å². The zero-order chi connectivity index (χ0) is 9.68. The van der Waals surface area contributed by atoms with Crippen LogP contribution in [0.3, 0.4) is 0 Å². The van der Waals surface area contributed by atoms with E-state index >= 15 is 0 Å². The molecule has 0 aliphatic heterocycles. The van der Waals surface area contributed by atoms with E-state index in [1.807, 2.05) is 6.92 Å². The summed E-state index contributed by atoms with van der Waals surface area (Å²) >= 11 is 0. The van der Waals surface area contributed by atoms with Gasteiger partial charge in [0.25, 0.3) is 5.91 Å². The molecule has 0 bridgehead atoms. The van der Waals surface area contributed by atoms with Gasteiger partial charge >= 0.3 is 0 Å². The van der Waals surface area contributed by atoms with Crippen molar-refractivity contribution in [2.45, 2.75) is 39.0 Å². The Morgan fingerprint density at radius 1 is 1.54 bits per heavy atom. The molecule has 72 valence electrons. The third-order valence-electron chi connectivity index (χ3n) is 2.88. The molecule has 1 saturated carbocycles. The monoisotopic (exact) mass is 181 g/mol. The predicted octanol–water partition coefficient (Wildman–Crippen LogP) is 2.07. The minimum Gasteiger partial charge on any atom is -0.271 e. The third kappa shape index (κ3) is 2.49. The fourth-order valence-electron chi connectivity index (χ4n) is 2.20. The van der Waals surface area contributed by atoms with Crippen LogP contribution in [0, 0.1) is 11.8 Å². The van der Waals surface area contributed by atoms with E-state index < -0.39 is 0 Å². The Hall–Kier alpha value is -0.950. The van der Waals surface area contributed by atoms with Gasteiger partial charge in [0.2, 0.25) is 6.08 Å². The van der Waals surface area contributed by atoms with Crippen LogP contribution in [0.4, 0.5) is 0 Å². The number of carbonyl (C=O) groups excluding carboxylic acids is 2. The highest BCUT2D eigenvalue weighted by atomic mass is 16.2. The van der Waals surface area contributed by atoms with Gasteiger partial charge in [-0.15, -0.1) is 4.99 Å². The Labute approximate surface area is 78.2 Å². The molecular weight excluding hydrogens is 166 g/mol. The molecule has 0 aromatic carbocycles. The molecule has 0 aromatic rings. The highest BCUT2D eigenvalue weighted by Crippen LogP contribution is 2.33. The summed E-state index contributed by atoms with van der Waals surface area (Å²) in [5, 5.41) is 0. The molecule has 0 aromatic heterocycles. The number of rotatable bonds is 3. The quantitative estimate of drug-likeness (QED) is 0.494. The SMILES string of the molecule is CCC(C(=O)N=C=O)C1CCCC1. The number of isocyanates is 1. The van der Waals surface area contributed by atoms with Crippen molar-refractivity contribution in [3.8, 4) is 0 Å². The minimum absolute atomic E-state index is 0.0380. The zero-order valence-electron chi connectivity index (χ0n) is 7.95. The van der Waals surface area contributed by atoms with E-state index in [-0.39, 0.29) is 11.8 Å². The first-order chi connectivity index (χ1) is 6.29. The largest absolute Gasteiger partial charge is 0.271 e. The number of nitrogens with zero attached hydrogens (tertiary/aromatic N) is 1. The van der Waals surface area contributed by atoms with Crippen LogP contribution in [0.5, 0.6) is 0 Å². The summed E-state index contributed by atoms with van der Waals surface area (Å²) in [6, 6.07) is 0. The van der Waals surface area contributed by atoms with Gasteiger partial charge < -0.3 is 0 Å². The van der Waals surface area contributed by atoms with Gasteiger partial charge in [-0.25, -0.2) is 4.79 Å². The maximum absolute atomic E-state index is 11.3. The first-order valence-electron chi connectivity index (χ1n) is 4.91. The topological polar surface area (TPSA) is 46.5 Å².